The number of nitrogens with one attached hydrogen (secondary N) is 1. The summed E-state index contributed by atoms with van der Waals surface area (Å²) in [6.07, 6.45) is 3.57. The number of rotatable bonds is 6. The minimum Gasteiger partial charge on any atom is -0.481 e. The van der Waals surface area contributed by atoms with E-state index in [-0.39, 0.29) is 30.5 Å². The molecule has 0 saturated heterocycles. The molecule has 0 aromatic heterocycles. The Hall–Kier alpha value is -1.91. The van der Waals surface area contributed by atoms with Gasteiger partial charge in [-0.05, 0) is 36.5 Å². The van der Waals surface area contributed by atoms with Crippen molar-refractivity contribution in [1.29, 1.82) is 0 Å². The van der Waals surface area contributed by atoms with Crippen molar-refractivity contribution in [1.82, 2.24) is 5.32 Å². The predicted molar refractivity (Wildman–Crippen MR) is 81.0 cm³/mol. The fraction of sp³-hybridized carbons (Fsp3) is 0.529. The Bertz CT molecular complexity index is 535. The van der Waals surface area contributed by atoms with E-state index in [1.54, 1.807) is 12.1 Å². The second-order valence-corrected chi connectivity index (χ2v) is 6.26. The van der Waals surface area contributed by atoms with Crippen LogP contribution in [0, 0.1) is 5.82 Å². The van der Waals surface area contributed by atoms with Gasteiger partial charge in [0, 0.05) is 6.42 Å². The highest BCUT2D eigenvalue weighted by Gasteiger charge is 2.37. The zero-order valence-corrected chi connectivity index (χ0v) is 12.8. The molecule has 120 valence electrons. The van der Waals surface area contributed by atoms with E-state index in [0.717, 1.165) is 31.2 Å². The first kappa shape index (κ1) is 16.5. The molecular weight excluding hydrogens is 285 g/mol. The summed E-state index contributed by atoms with van der Waals surface area (Å²) in [5.74, 6) is -1.36. The number of halogens is 1. The third-order valence-electron chi connectivity index (χ3n) is 4.39. The van der Waals surface area contributed by atoms with Gasteiger partial charge in [-0.15, -0.1) is 0 Å². The molecule has 0 bridgehead atoms. The lowest BCUT2D eigenvalue weighted by Crippen LogP contribution is -2.48. The first-order valence-corrected chi connectivity index (χ1v) is 7.68. The molecule has 0 radical (unpaired) electrons. The number of carboxylic acid groups (broad SMARTS) is 1. The van der Waals surface area contributed by atoms with Crippen molar-refractivity contribution in [3.8, 4) is 0 Å². The molecule has 1 fully saturated rings. The number of amides is 1. The van der Waals surface area contributed by atoms with Crippen molar-refractivity contribution < 1.29 is 19.1 Å². The molecule has 2 N–H and O–H groups in total. The Kier molecular flexibility index (Phi) is 5.16. The Morgan fingerprint density at radius 2 is 1.86 bits per heavy atom. The minimum absolute atomic E-state index is 0.0241. The number of hydrogen-bond acceptors (Lipinski definition) is 2. The van der Waals surface area contributed by atoms with E-state index in [4.69, 9.17) is 5.11 Å². The van der Waals surface area contributed by atoms with Crippen LogP contribution >= 0.6 is 0 Å². The normalized spacial score (nSPS) is 17.9. The molecule has 1 aliphatic rings. The van der Waals surface area contributed by atoms with Crippen molar-refractivity contribution in [2.75, 3.05) is 0 Å². The van der Waals surface area contributed by atoms with Crippen molar-refractivity contribution >= 4 is 11.9 Å². The average Bonchev–Trinajstić information content (AvgIpc) is 2.86. The first-order valence-electron chi connectivity index (χ1n) is 7.68. The lowest BCUT2D eigenvalue weighted by Gasteiger charge is -2.29. The maximum Gasteiger partial charge on any atom is 0.305 e. The second kappa shape index (κ2) is 6.90. The van der Waals surface area contributed by atoms with E-state index in [1.165, 1.54) is 12.1 Å². The third kappa shape index (κ3) is 4.29. The fourth-order valence-corrected chi connectivity index (χ4v) is 3.22. The highest BCUT2D eigenvalue weighted by molar-refractivity contribution is 5.79. The quantitative estimate of drug-likeness (QED) is 0.848. The van der Waals surface area contributed by atoms with Crippen LogP contribution in [0.25, 0.3) is 0 Å². The molecule has 4 nitrogen and oxygen atoms in total. The van der Waals surface area contributed by atoms with Gasteiger partial charge in [0.15, 0.2) is 0 Å². The Balaban J connectivity index is 1.96. The van der Waals surface area contributed by atoms with Crippen molar-refractivity contribution in [3.05, 3.63) is 35.6 Å². The average molecular weight is 307 g/mol. The zero-order valence-electron chi connectivity index (χ0n) is 12.8. The maximum absolute atomic E-state index is 12.9. The van der Waals surface area contributed by atoms with Crippen LogP contribution in [0.2, 0.25) is 0 Å². The maximum atomic E-state index is 12.9. The molecule has 1 saturated carbocycles. The van der Waals surface area contributed by atoms with Crippen LogP contribution in [-0.4, -0.2) is 22.5 Å². The van der Waals surface area contributed by atoms with E-state index < -0.39 is 11.5 Å². The number of hydrogen-bond donors (Lipinski definition) is 2. The molecule has 1 aromatic carbocycles. The van der Waals surface area contributed by atoms with Gasteiger partial charge in [-0.1, -0.05) is 31.9 Å². The van der Waals surface area contributed by atoms with E-state index in [2.05, 4.69) is 5.32 Å². The SMILES string of the molecule is CC(CC(=O)NC1(CC(=O)O)CCCC1)c1ccc(F)cc1. The minimum atomic E-state index is -0.881. The highest BCUT2D eigenvalue weighted by Crippen LogP contribution is 2.33. The third-order valence-corrected chi connectivity index (χ3v) is 4.39. The topological polar surface area (TPSA) is 66.4 Å². The van der Waals surface area contributed by atoms with Gasteiger partial charge in [-0.25, -0.2) is 4.39 Å². The molecule has 22 heavy (non-hydrogen) atoms. The van der Waals surface area contributed by atoms with Crippen molar-refractivity contribution in [2.45, 2.75) is 56.9 Å². The monoisotopic (exact) mass is 307 g/mol. The molecule has 0 heterocycles. The highest BCUT2D eigenvalue weighted by atomic mass is 19.1. The Morgan fingerprint density at radius 1 is 1.27 bits per heavy atom. The molecule has 1 unspecified atom stereocenters. The zero-order chi connectivity index (χ0) is 16.2. The van der Waals surface area contributed by atoms with Crippen LogP contribution in [0.3, 0.4) is 0 Å². The van der Waals surface area contributed by atoms with Gasteiger partial charge < -0.3 is 10.4 Å². The molecule has 1 atom stereocenters. The van der Waals surface area contributed by atoms with E-state index in [1.807, 2.05) is 6.92 Å². The predicted octanol–water partition coefficient (Wildman–Crippen LogP) is 3.22. The molecule has 1 aliphatic carbocycles. The summed E-state index contributed by atoms with van der Waals surface area (Å²) in [6.45, 7) is 1.91. The number of benzene rings is 1. The summed E-state index contributed by atoms with van der Waals surface area (Å²) in [6, 6.07) is 6.12. The molecular formula is C17H22FNO3. The summed E-state index contributed by atoms with van der Waals surface area (Å²) in [4.78, 5) is 23.3. The standard InChI is InChI=1S/C17H22FNO3/c1-12(13-4-6-14(18)7-5-13)10-15(20)19-17(11-16(21)22)8-2-3-9-17/h4-7,12H,2-3,8-11H2,1H3,(H,19,20)(H,21,22). The van der Waals surface area contributed by atoms with E-state index in [0.29, 0.717) is 0 Å². The van der Waals surface area contributed by atoms with Gasteiger partial charge >= 0.3 is 5.97 Å². The van der Waals surface area contributed by atoms with Gasteiger partial charge in [0.2, 0.25) is 5.91 Å². The summed E-state index contributed by atoms with van der Waals surface area (Å²) >= 11 is 0. The van der Waals surface area contributed by atoms with E-state index >= 15 is 0 Å². The van der Waals surface area contributed by atoms with Crippen LogP contribution < -0.4 is 5.32 Å². The van der Waals surface area contributed by atoms with Gasteiger partial charge in [-0.2, -0.15) is 0 Å². The molecule has 1 amide bonds. The Morgan fingerprint density at radius 3 is 2.41 bits per heavy atom. The van der Waals surface area contributed by atoms with E-state index in [9.17, 15) is 14.0 Å². The molecule has 1 aromatic rings. The fourth-order valence-electron chi connectivity index (χ4n) is 3.22. The molecule has 5 heteroatoms. The summed E-state index contributed by atoms with van der Waals surface area (Å²) < 4.78 is 12.9. The molecule has 2 rings (SSSR count). The summed E-state index contributed by atoms with van der Waals surface area (Å²) in [7, 11) is 0. The van der Waals surface area contributed by atoms with Crippen LogP contribution in [0.15, 0.2) is 24.3 Å². The van der Waals surface area contributed by atoms with Gasteiger partial charge in [0.1, 0.15) is 5.82 Å². The lowest BCUT2D eigenvalue weighted by molar-refractivity contribution is -0.139. The number of aliphatic carboxylic acids is 1. The lowest BCUT2D eigenvalue weighted by atomic mass is 9.91. The van der Waals surface area contributed by atoms with Gasteiger partial charge in [-0.3, -0.25) is 9.59 Å². The number of carbonyl (C=O) groups excluding carboxylic acids is 1. The second-order valence-electron chi connectivity index (χ2n) is 6.26. The Labute approximate surface area is 129 Å². The van der Waals surface area contributed by atoms with Gasteiger partial charge in [0.25, 0.3) is 0 Å². The molecule has 0 spiro atoms. The first-order chi connectivity index (χ1) is 10.4. The van der Waals surface area contributed by atoms with Crippen LogP contribution in [0.1, 0.15) is 56.9 Å². The van der Waals surface area contributed by atoms with Crippen LogP contribution in [-0.2, 0) is 9.59 Å². The van der Waals surface area contributed by atoms with Crippen LogP contribution in [0.5, 0.6) is 0 Å². The summed E-state index contributed by atoms with van der Waals surface area (Å²) in [5.41, 5.74) is 0.307. The largest absolute Gasteiger partial charge is 0.481 e. The number of carbonyl (C=O) groups is 2. The smallest absolute Gasteiger partial charge is 0.305 e. The summed E-state index contributed by atoms with van der Waals surface area (Å²) in [5, 5.41) is 12.0. The van der Waals surface area contributed by atoms with Crippen molar-refractivity contribution in [2.24, 2.45) is 0 Å². The van der Waals surface area contributed by atoms with Gasteiger partial charge in [0.05, 0.1) is 12.0 Å². The molecule has 0 aliphatic heterocycles. The number of carboxylic acids is 1. The van der Waals surface area contributed by atoms with Crippen LogP contribution in [0.4, 0.5) is 4.39 Å². The van der Waals surface area contributed by atoms with Crippen molar-refractivity contribution in [3.63, 3.8) is 0 Å².